The Kier molecular flexibility index (Phi) is 8.43. The summed E-state index contributed by atoms with van der Waals surface area (Å²) in [6.45, 7) is 1.11. The van der Waals surface area contributed by atoms with Crippen molar-refractivity contribution in [3.8, 4) is 11.5 Å². The molecule has 0 unspecified atom stereocenters. The van der Waals surface area contributed by atoms with Crippen molar-refractivity contribution < 1.29 is 35.9 Å². The zero-order valence-corrected chi connectivity index (χ0v) is 20.9. The second kappa shape index (κ2) is 11.3. The Morgan fingerprint density at radius 3 is 2.35 bits per heavy atom. The SMILES string of the molecule is COc1ccc(N(CC(=O)N/N=C\c2cccc(C(F)(F)F)c2)S(=O)(=O)c2ccc(C)cc2)c(OC)c1. The number of hydrogen-bond acceptors (Lipinski definition) is 6. The molecule has 0 spiro atoms. The molecule has 0 fully saturated rings. The summed E-state index contributed by atoms with van der Waals surface area (Å²) in [7, 11) is -1.47. The predicted molar refractivity (Wildman–Crippen MR) is 132 cm³/mol. The van der Waals surface area contributed by atoms with E-state index in [0.717, 1.165) is 28.2 Å². The van der Waals surface area contributed by atoms with E-state index < -0.39 is 34.2 Å². The van der Waals surface area contributed by atoms with Crippen molar-refractivity contribution in [2.75, 3.05) is 25.1 Å². The lowest BCUT2D eigenvalue weighted by atomic mass is 10.1. The zero-order chi connectivity index (χ0) is 27.2. The Balaban J connectivity index is 1.90. The molecule has 0 saturated heterocycles. The third-order valence-electron chi connectivity index (χ3n) is 5.17. The van der Waals surface area contributed by atoms with Gasteiger partial charge >= 0.3 is 6.18 Å². The standard InChI is InChI=1S/C25H24F3N3O5S/c1-17-7-10-21(11-8-17)37(33,34)31(22-12-9-20(35-2)14-23(22)36-3)16-24(32)30-29-15-18-5-4-6-19(13-18)25(26,27)28/h4-15H,16H2,1-3H3,(H,30,32)/b29-15-. The monoisotopic (exact) mass is 535 g/mol. The van der Waals surface area contributed by atoms with Crippen molar-refractivity contribution in [1.29, 1.82) is 0 Å². The summed E-state index contributed by atoms with van der Waals surface area (Å²) in [5.74, 6) is -0.296. The Morgan fingerprint density at radius 1 is 1.03 bits per heavy atom. The van der Waals surface area contributed by atoms with Gasteiger partial charge in [-0.3, -0.25) is 9.10 Å². The van der Waals surface area contributed by atoms with E-state index in [9.17, 15) is 26.4 Å². The first-order valence-corrected chi connectivity index (χ1v) is 12.2. The van der Waals surface area contributed by atoms with E-state index in [1.54, 1.807) is 19.1 Å². The van der Waals surface area contributed by atoms with Crippen LogP contribution in [0.15, 0.2) is 76.7 Å². The highest BCUT2D eigenvalue weighted by molar-refractivity contribution is 7.92. The summed E-state index contributed by atoms with van der Waals surface area (Å²) in [5.41, 5.74) is 2.30. The number of ether oxygens (including phenoxy) is 2. The number of alkyl halides is 3. The normalized spacial score (nSPS) is 11.8. The van der Waals surface area contributed by atoms with Crippen LogP contribution in [-0.4, -0.2) is 41.3 Å². The molecule has 0 heterocycles. The van der Waals surface area contributed by atoms with Crippen LogP contribution in [0.4, 0.5) is 18.9 Å². The van der Waals surface area contributed by atoms with Crippen molar-refractivity contribution in [1.82, 2.24) is 5.43 Å². The first-order chi connectivity index (χ1) is 17.5. The molecule has 3 rings (SSSR count). The highest BCUT2D eigenvalue weighted by Gasteiger charge is 2.31. The predicted octanol–water partition coefficient (Wildman–Crippen LogP) is 4.38. The smallest absolute Gasteiger partial charge is 0.416 e. The van der Waals surface area contributed by atoms with Gasteiger partial charge in [0.15, 0.2) is 0 Å². The number of rotatable bonds is 9. The van der Waals surface area contributed by atoms with Crippen molar-refractivity contribution in [3.05, 3.63) is 83.4 Å². The molecule has 0 bridgehead atoms. The average molecular weight is 536 g/mol. The van der Waals surface area contributed by atoms with Crippen molar-refractivity contribution in [2.45, 2.75) is 18.0 Å². The van der Waals surface area contributed by atoms with Gasteiger partial charge in [-0.2, -0.15) is 18.3 Å². The molecule has 12 heteroatoms. The molecule has 8 nitrogen and oxygen atoms in total. The van der Waals surface area contributed by atoms with Gasteiger partial charge in [0.05, 0.1) is 36.6 Å². The van der Waals surface area contributed by atoms with E-state index in [-0.39, 0.29) is 21.9 Å². The summed E-state index contributed by atoms with van der Waals surface area (Å²) in [6.07, 6.45) is -3.50. The minimum Gasteiger partial charge on any atom is -0.497 e. The summed E-state index contributed by atoms with van der Waals surface area (Å²) >= 11 is 0. The first kappa shape index (κ1) is 27.5. The highest BCUT2D eigenvalue weighted by Crippen LogP contribution is 2.35. The fourth-order valence-electron chi connectivity index (χ4n) is 3.27. The van der Waals surface area contributed by atoms with Gasteiger partial charge in [0.25, 0.3) is 15.9 Å². The Hall–Kier alpha value is -4.06. The van der Waals surface area contributed by atoms with Crippen LogP contribution in [0.1, 0.15) is 16.7 Å². The van der Waals surface area contributed by atoms with Gasteiger partial charge in [-0.25, -0.2) is 13.8 Å². The molecular weight excluding hydrogens is 511 g/mol. The fraction of sp³-hybridized carbons (Fsp3) is 0.200. The maximum absolute atomic E-state index is 13.5. The second-order valence-corrected chi connectivity index (χ2v) is 9.64. The van der Waals surface area contributed by atoms with Crippen LogP contribution < -0.4 is 19.2 Å². The minimum atomic E-state index is -4.53. The van der Waals surface area contributed by atoms with Gasteiger partial charge in [-0.15, -0.1) is 0 Å². The number of methoxy groups -OCH3 is 2. The molecule has 0 aliphatic carbocycles. The summed E-state index contributed by atoms with van der Waals surface area (Å²) in [4.78, 5) is 12.7. The van der Waals surface area contributed by atoms with Crippen LogP contribution in [0.3, 0.4) is 0 Å². The van der Waals surface area contributed by atoms with Crippen LogP contribution in [0, 0.1) is 6.92 Å². The highest BCUT2D eigenvalue weighted by atomic mass is 32.2. The number of benzene rings is 3. The van der Waals surface area contributed by atoms with E-state index in [2.05, 4.69) is 10.5 Å². The van der Waals surface area contributed by atoms with Gasteiger partial charge in [0.2, 0.25) is 0 Å². The van der Waals surface area contributed by atoms with Gasteiger partial charge in [0.1, 0.15) is 18.0 Å². The number of aryl methyl sites for hydroxylation is 1. The largest absolute Gasteiger partial charge is 0.497 e. The molecule has 0 saturated carbocycles. The molecule has 0 aromatic heterocycles. The number of hydrazone groups is 1. The van der Waals surface area contributed by atoms with Crippen LogP contribution in [0.5, 0.6) is 11.5 Å². The van der Waals surface area contributed by atoms with E-state index in [1.165, 1.54) is 56.7 Å². The van der Waals surface area contributed by atoms with Gasteiger partial charge in [-0.05, 0) is 48.9 Å². The molecule has 3 aromatic carbocycles. The maximum Gasteiger partial charge on any atom is 0.416 e. The van der Waals surface area contributed by atoms with Crippen LogP contribution in [0.2, 0.25) is 0 Å². The molecule has 1 N–H and O–H groups in total. The van der Waals surface area contributed by atoms with Crippen molar-refractivity contribution in [3.63, 3.8) is 0 Å². The van der Waals surface area contributed by atoms with E-state index in [4.69, 9.17) is 9.47 Å². The Bertz CT molecular complexity index is 1390. The number of nitrogens with one attached hydrogen (secondary N) is 1. The van der Waals surface area contributed by atoms with Crippen molar-refractivity contribution >= 4 is 27.8 Å². The molecule has 0 atom stereocenters. The first-order valence-electron chi connectivity index (χ1n) is 10.8. The van der Waals surface area contributed by atoms with E-state index in [0.29, 0.717) is 5.75 Å². The molecule has 0 aliphatic heterocycles. The number of sulfonamides is 1. The van der Waals surface area contributed by atoms with Gasteiger partial charge < -0.3 is 9.47 Å². The van der Waals surface area contributed by atoms with Crippen LogP contribution in [-0.2, 0) is 21.0 Å². The summed E-state index contributed by atoms with van der Waals surface area (Å²) in [5, 5.41) is 3.68. The topological polar surface area (TPSA) is 97.3 Å². The summed E-state index contributed by atoms with van der Waals surface area (Å²) < 4.78 is 77.2. The minimum absolute atomic E-state index is 0.0590. The van der Waals surface area contributed by atoms with Crippen LogP contribution >= 0.6 is 0 Å². The molecule has 37 heavy (non-hydrogen) atoms. The summed E-state index contributed by atoms with van der Waals surface area (Å²) in [6, 6.07) is 14.8. The van der Waals surface area contributed by atoms with Gasteiger partial charge in [0, 0.05) is 6.07 Å². The van der Waals surface area contributed by atoms with E-state index in [1.807, 2.05) is 0 Å². The Labute approximate surface area is 212 Å². The lowest BCUT2D eigenvalue weighted by Gasteiger charge is -2.25. The Morgan fingerprint density at radius 2 is 1.73 bits per heavy atom. The number of anilines is 1. The number of carbonyl (C=O) groups is 1. The quantitative estimate of drug-likeness (QED) is 0.324. The van der Waals surface area contributed by atoms with E-state index >= 15 is 0 Å². The number of nitrogens with zero attached hydrogens (tertiary/aromatic N) is 2. The zero-order valence-electron chi connectivity index (χ0n) is 20.1. The molecular formula is C25H24F3N3O5S. The average Bonchev–Trinajstić information content (AvgIpc) is 2.87. The molecule has 196 valence electrons. The number of hydrogen-bond donors (Lipinski definition) is 1. The lowest BCUT2D eigenvalue weighted by molar-refractivity contribution is -0.137. The maximum atomic E-state index is 13.5. The number of halogens is 3. The molecule has 0 radical (unpaired) electrons. The van der Waals surface area contributed by atoms with Gasteiger partial charge in [-0.1, -0.05) is 29.8 Å². The fourth-order valence-corrected chi connectivity index (χ4v) is 4.70. The molecule has 1 amide bonds. The molecule has 0 aliphatic rings. The number of carbonyl (C=O) groups excluding carboxylic acids is 1. The molecule has 3 aromatic rings. The lowest BCUT2D eigenvalue weighted by Crippen LogP contribution is -2.39. The third kappa shape index (κ3) is 6.79. The van der Waals surface area contributed by atoms with Crippen LogP contribution in [0.25, 0.3) is 0 Å². The number of amides is 1. The van der Waals surface area contributed by atoms with Crippen molar-refractivity contribution in [2.24, 2.45) is 5.10 Å². The second-order valence-electron chi connectivity index (χ2n) is 7.78. The third-order valence-corrected chi connectivity index (χ3v) is 6.94.